The molecule has 0 heterocycles. The van der Waals surface area contributed by atoms with Crippen LogP contribution in [0.25, 0.3) is 0 Å². The summed E-state index contributed by atoms with van der Waals surface area (Å²) in [4.78, 5) is 10.4. The van der Waals surface area contributed by atoms with Gasteiger partial charge in [-0.05, 0) is 0 Å². The molecule has 0 N–H and O–H groups in total. The van der Waals surface area contributed by atoms with Gasteiger partial charge in [0.25, 0.3) is 0 Å². The van der Waals surface area contributed by atoms with E-state index >= 15 is 0 Å². The number of halogens is 6. The lowest BCUT2D eigenvalue weighted by Crippen LogP contribution is -2.42. The molecule has 0 rings (SSSR count). The van der Waals surface area contributed by atoms with Gasteiger partial charge in [-0.15, -0.1) is 0 Å². The predicted molar refractivity (Wildman–Crippen MR) is 48.3 cm³/mol. The molecule has 8 heteroatoms. The molecule has 0 aromatic rings. The van der Waals surface area contributed by atoms with Crippen LogP contribution in [0.2, 0.25) is 0 Å². The SMILES string of the molecule is CC(=O)SCCC(F)(F)C(F)(F)CC(F)F. The molecular weight excluding hydrogens is 258 g/mol. The Morgan fingerprint density at radius 3 is 2.06 bits per heavy atom. The Labute approximate surface area is 92.6 Å². The van der Waals surface area contributed by atoms with Crippen LogP contribution in [0.3, 0.4) is 0 Å². The van der Waals surface area contributed by atoms with Crippen molar-refractivity contribution in [2.24, 2.45) is 0 Å². The second-order valence-corrected chi connectivity index (χ2v) is 4.37. The van der Waals surface area contributed by atoms with Crippen LogP contribution in [0, 0.1) is 0 Å². The third-order valence-electron chi connectivity index (χ3n) is 1.67. The summed E-state index contributed by atoms with van der Waals surface area (Å²) in [5.41, 5.74) is 0. The number of thioether (sulfide) groups is 1. The Kier molecular flexibility index (Phi) is 5.64. The highest BCUT2D eigenvalue weighted by Crippen LogP contribution is 2.41. The van der Waals surface area contributed by atoms with E-state index < -0.39 is 42.0 Å². The van der Waals surface area contributed by atoms with Crippen molar-refractivity contribution < 1.29 is 31.1 Å². The highest BCUT2D eigenvalue weighted by Gasteiger charge is 2.56. The fourth-order valence-corrected chi connectivity index (χ4v) is 1.49. The lowest BCUT2D eigenvalue weighted by molar-refractivity contribution is -0.224. The minimum absolute atomic E-state index is 0.453. The van der Waals surface area contributed by atoms with E-state index in [-0.39, 0.29) is 0 Å². The number of hydrogen-bond acceptors (Lipinski definition) is 2. The van der Waals surface area contributed by atoms with Crippen LogP contribution in [-0.4, -0.2) is 29.1 Å². The van der Waals surface area contributed by atoms with Crippen LogP contribution in [0.15, 0.2) is 0 Å². The van der Waals surface area contributed by atoms with E-state index in [0.29, 0.717) is 11.8 Å². The monoisotopic (exact) mass is 268 g/mol. The maximum Gasteiger partial charge on any atom is 0.315 e. The van der Waals surface area contributed by atoms with Crippen molar-refractivity contribution >= 4 is 16.9 Å². The highest BCUT2D eigenvalue weighted by molar-refractivity contribution is 8.13. The van der Waals surface area contributed by atoms with Crippen molar-refractivity contribution in [2.75, 3.05) is 5.75 Å². The average Bonchev–Trinajstić information content (AvgIpc) is 1.99. The van der Waals surface area contributed by atoms with Gasteiger partial charge in [0.15, 0.2) is 5.12 Å². The molecule has 16 heavy (non-hydrogen) atoms. The van der Waals surface area contributed by atoms with E-state index in [4.69, 9.17) is 0 Å². The maximum atomic E-state index is 12.8. The van der Waals surface area contributed by atoms with Crippen LogP contribution < -0.4 is 0 Å². The molecule has 0 aliphatic rings. The van der Waals surface area contributed by atoms with Gasteiger partial charge in [-0.3, -0.25) is 4.79 Å². The first kappa shape index (κ1) is 15.6. The van der Waals surface area contributed by atoms with Gasteiger partial charge in [-0.2, -0.15) is 17.6 Å². The van der Waals surface area contributed by atoms with Gasteiger partial charge in [0.05, 0.1) is 6.42 Å². The van der Waals surface area contributed by atoms with Crippen LogP contribution in [0.5, 0.6) is 0 Å². The smallest absolute Gasteiger partial charge is 0.288 e. The minimum atomic E-state index is -4.75. The molecule has 0 fully saturated rings. The van der Waals surface area contributed by atoms with Crippen molar-refractivity contribution in [3.63, 3.8) is 0 Å². The van der Waals surface area contributed by atoms with Crippen molar-refractivity contribution in [2.45, 2.75) is 38.0 Å². The number of carbonyl (C=O) groups is 1. The zero-order valence-corrected chi connectivity index (χ0v) is 9.10. The van der Waals surface area contributed by atoms with E-state index in [1.165, 1.54) is 0 Å². The third kappa shape index (κ3) is 5.09. The first-order chi connectivity index (χ1) is 7.08. The number of carbonyl (C=O) groups excluding carboxylic acids is 1. The molecular formula is C8H10F6OS. The Morgan fingerprint density at radius 2 is 1.69 bits per heavy atom. The molecule has 0 saturated heterocycles. The summed E-state index contributed by atoms with van der Waals surface area (Å²) in [5, 5.41) is -0.493. The zero-order chi connectivity index (χ0) is 13.0. The summed E-state index contributed by atoms with van der Waals surface area (Å²) in [6, 6.07) is 0. The van der Waals surface area contributed by atoms with Crippen LogP contribution in [0.4, 0.5) is 26.3 Å². The molecule has 0 aromatic carbocycles. The van der Waals surface area contributed by atoms with Gasteiger partial charge < -0.3 is 0 Å². The summed E-state index contributed by atoms with van der Waals surface area (Å²) in [6.07, 6.45) is -6.98. The highest BCUT2D eigenvalue weighted by atomic mass is 32.2. The second kappa shape index (κ2) is 5.79. The zero-order valence-electron chi connectivity index (χ0n) is 8.28. The van der Waals surface area contributed by atoms with E-state index in [0.717, 1.165) is 6.92 Å². The summed E-state index contributed by atoms with van der Waals surface area (Å²) in [5.74, 6) is -9.80. The van der Waals surface area contributed by atoms with E-state index in [1.54, 1.807) is 0 Å². The number of alkyl halides is 6. The van der Waals surface area contributed by atoms with Crippen molar-refractivity contribution in [1.29, 1.82) is 0 Å². The van der Waals surface area contributed by atoms with Crippen molar-refractivity contribution in [3.8, 4) is 0 Å². The summed E-state index contributed by atoms with van der Waals surface area (Å²) in [7, 11) is 0. The predicted octanol–water partition coefficient (Wildman–Crippen LogP) is 3.58. The van der Waals surface area contributed by atoms with Gasteiger partial charge in [0.1, 0.15) is 0 Å². The van der Waals surface area contributed by atoms with E-state index in [9.17, 15) is 31.1 Å². The Morgan fingerprint density at radius 1 is 1.19 bits per heavy atom. The van der Waals surface area contributed by atoms with E-state index in [2.05, 4.69) is 0 Å². The molecule has 0 bridgehead atoms. The molecule has 0 amide bonds. The lowest BCUT2D eigenvalue weighted by Gasteiger charge is -2.26. The van der Waals surface area contributed by atoms with Crippen LogP contribution in [-0.2, 0) is 4.79 Å². The molecule has 0 radical (unpaired) electrons. The molecule has 0 aliphatic heterocycles. The quantitative estimate of drug-likeness (QED) is 0.685. The molecule has 96 valence electrons. The van der Waals surface area contributed by atoms with Crippen LogP contribution >= 0.6 is 11.8 Å². The van der Waals surface area contributed by atoms with Gasteiger partial charge in [-0.25, -0.2) is 8.78 Å². The van der Waals surface area contributed by atoms with Crippen LogP contribution in [0.1, 0.15) is 19.8 Å². The van der Waals surface area contributed by atoms with Gasteiger partial charge in [0, 0.05) is 19.1 Å². The molecule has 0 aromatic heterocycles. The number of rotatable bonds is 6. The standard InChI is InChI=1S/C8H10F6OS/c1-5(15)16-3-2-7(11,12)8(13,14)4-6(9)10/h6H,2-4H2,1H3. The van der Waals surface area contributed by atoms with Gasteiger partial charge in [0.2, 0.25) is 6.43 Å². The molecule has 0 spiro atoms. The Balaban J connectivity index is 4.33. The summed E-state index contributed by atoms with van der Waals surface area (Å²) < 4.78 is 74.2. The first-order valence-electron chi connectivity index (χ1n) is 4.25. The van der Waals surface area contributed by atoms with Crippen molar-refractivity contribution in [3.05, 3.63) is 0 Å². The van der Waals surface area contributed by atoms with Gasteiger partial charge in [-0.1, -0.05) is 11.8 Å². The maximum absolute atomic E-state index is 12.8. The van der Waals surface area contributed by atoms with Crippen molar-refractivity contribution in [1.82, 2.24) is 0 Å². The normalized spacial score (nSPS) is 13.2. The van der Waals surface area contributed by atoms with E-state index in [1.807, 2.05) is 0 Å². The fourth-order valence-electron chi connectivity index (χ4n) is 0.849. The van der Waals surface area contributed by atoms with Gasteiger partial charge >= 0.3 is 11.8 Å². The Hall–Kier alpha value is -0.400. The summed E-state index contributed by atoms with van der Waals surface area (Å²) in [6.45, 7) is 1.10. The summed E-state index contributed by atoms with van der Waals surface area (Å²) >= 11 is 0.453. The largest absolute Gasteiger partial charge is 0.315 e. The first-order valence-corrected chi connectivity index (χ1v) is 5.24. The number of hydrogen-bond donors (Lipinski definition) is 0. The topological polar surface area (TPSA) is 17.1 Å². The molecule has 0 aliphatic carbocycles. The Bertz CT molecular complexity index is 243. The molecule has 0 unspecified atom stereocenters. The minimum Gasteiger partial charge on any atom is -0.288 e. The molecule has 0 saturated carbocycles. The molecule has 1 nitrogen and oxygen atoms in total. The average molecular weight is 268 g/mol. The third-order valence-corrected chi connectivity index (χ3v) is 2.48. The second-order valence-electron chi connectivity index (χ2n) is 3.09. The molecule has 0 atom stereocenters. The lowest BCUT2D eigenvalue weighted by atomic mass is 10.1. The fraction of sp³-hybridized carbons (Fsp3) is 0.875.